The molecule has 170 valence electrons. The van der Waals surface area contributed by atoms with Crippen molar-refractivity contribution in [3.63, 3.8) is 0 Å². The Bertz CT molecular complexity index is 1330. The van der Waals surface area contributed by atoms with Gasteiger partial charge in [-0.3, -0.25) is 4.98 Å². The Balaban J connectivity index is 1.45. The predicted molar refractivity (Wildman–Crippen MR) is 131 cm³/mol. The summed E-state index contributed by atoms with van der Waals surface area (Å²) in [4.78, 5) is 17.8. The fraction of sp³-hybridized carbons (Fsp3) is 0.280. The number of nitrogens with zero attached hydrogens (tertiary/aromatic N) is 2. The number of aryl methyl sites for hydroxylation is 4. The van der Waals surface area contributed by atoms with Gasteiger partial charge in [0, 0.05) is 28.0 Å². The monoisotopic (exact) mass is 464 g/mol. The molecule has 4 rings (SSSR count). The third-order valence-electron chi connectivity index (χ3n) is 5.63. The number of anilines is 1. The van der Waals surface area contributed by atoms with Crippen LogP contribution in [0.5, 0.6) is 5.75 Å². The Morgan fingerprint density at radius 1 is 1.03 bits per heavy atom. The molecule has 3 N–H and O–H groups in total. The average Bonchev–Trinajstić information content (AvgIpc) is 2.78. The van der Waals surface area contributed by atoms with E-state index in [0.717, 1.165) is 57.1 Å². The standard InChI is InChI=1S/C25H26N3O4P/c1-16-4-9-21-22-14-18(15-27-24(22)25(26)28-23(21)12-16)5-6-19-7-8-20(13-17(19)2)31-10-3-11-32-33(29)30/h4,7-9,12-15H,3,5-6,10-11H2,1-2H3,(H2-,26,28,29,30)/p+1. The van der Waals surface area contributed by atoms with E-state index in [-0.39, 0.29) is 6.61 Å². The number of nitrogen functional groups attached to an aromatic ring is 1. The van der Waals surface area contributed by atoms with Gasteiger partial charge in [0.15, 0.2) is 5.82 Å². The van der Waals surface area contributed by atoms with Crippen LogP contribution in [0.2, 0.25) is 0 Å². The summed E-state index contributed by atoms with van der Waals surface area (Å²) >= 11 is 0. The van der Waals surface area contributed by atoms with Gasteiger partial charge < -0.3 is 10.5 Å². The van der Waals surface area contributed by atoms with E-state index in [1.54, 1.807) is 0 Å². The second-order valence-corrected chi connectivity index (χ2v) is 8.85. The van der Waals surface area contributed by atoms with Crippen molar-refractivity contribution in [2.75, 3.05) is 18.9 Å². The molecule has 0 saturated carbocycles. The van der Waals surface area contributed by atoms with Crippen LogP contribution < -0.4 is 10.5 Å². The van der Waals surface area contributed by atoms with Crippen LogP contribution in [-0.2, 0) is 21.9 Å². The maximum atomic E-state index is 10.5. The van der Waals surface area contributed by atoms with Crippen LogP contribution in [0.3, 0.4) is 0 Å². The molecule has 2 aromatic carbocycles. The minimum absolute atomic E-state index is 0.194. The van der Waals surface area contributed by atoms with E-state index in [0.29, 0.717) is 18.8 Å². The summed E-state index contributed by atoms with van der Waals surface area (Å²) < 4.78 is 20.8. The zero-order valence-corrected chi connectivity index (χ0v) is 19.6. The van der Waals surface area contributed by atoms with Gasteiger partial charge in [-0.05, 0) is 73.2 Å². The van der Waals surface area contributed by atoms with E-state index in [1.807, 2.05) is 31.3 Å². The summed E-state index contributed by atoms with van der Waals surface area (Å²) in [6.45, 7) is 4.74. The molecule has 0 aliphatic carbocycles. The Labute approximate surface area is 193 Å². The summed E-state index contributed by atoms with van der Waals surface area (Å²) in [6, 6.07) is 14.4. The first-order valence-electron chi connectivity index (χ1n) is 10.9. The predicted octanol–water partition coefficient (Wildman–Crippen LogP) is 5.20. The van der Waals surface area contributed by atoms with Gasteiger partial charge in [0.25, 0.3) is 0 Å². The van der Waals surface area contributed by atoms with Crippen LogP contribution in [0.4, 0.5) is 5.82 Å². The van der Waals surface area contributed by atoms with Gasteiger partial charge in [0.2, 0.25) is 0 Å². The topological polar surface area (TPSA) is 108 Å². The van der Waals surface area contributed by atoms with Crippen molar-refractivity contribution in [3.8, 4) is 5.75 Å². The average molecular weight is 464 g/mol. The fourth-order valence-electron chi connectivity index (χ4n) is 3.91. The lowest BCUT2D eigenvalue weighted by Crippen LogP contribution is -2.02. The Hall–Kier alpha value is -3.12. The SMILES string of the molecule is Cc1ccc2c(c1)nc(N)c1ncc(CCc3ccc(OCCCO[P+](=O)O)cc3C)cc12. The van der Waals surface area contributed by atoms with E-state index < -0.39 is 8.25 Å². The molecule has 1 atom stereocenters. The third kappa shape index (κ3) is 5.63. The zero-order valence-electron chi connectivity index (χ0n) is 18.7. The minimum atomic E-state index is -2.55. The number of hydrogen-bond donors (Lipinski definition) is 2. The molecule has 2 aromatic heterocycles. The first-order chi connectivity index (χ1) is 15.9. The van der Waals surface area contributed by atoms with Crippen molar-refractivity contribution in [3.05, 3.63) is 70.9 Å². The molecule has 7 nitrogen and oxygen atoms in total. The second-order valence-electron chi connectivity index (χ2n) is 8.12. The van der Waals surface area contributed by atoms with Crippen molar-refractivity contribution in [1.29, 1.82) is 0 Å². The van der Waals surface area contributed by atoms with E-state index in [1.165, 1.54) is 5.56 Å². The van der Waals surface area contributed by atoms with E-state index >= 15 is 0 Å². The fourth-order valence-corrected chi connectivity index (χ4v) is 4.19. The van der Waals surface area contributed by atoms with E-state index in [2.05, 4.69) is 45.7 Å². The smallest absolute Gasteiger partial charge is 0.493 e. The van der Waals surface area contributed by atoms with Gasteiger partial charge in [-0.25, -0.2) is 4.98 Å². The minimum Gasteiger partial charge on any atom is -0.493 e. The lowest BCUT2D eigenvalue weighted by atomic mass is 9.99. The largest absolute Gasteiger partial charge is 0.694 e. The van der Waals surface area contributed by atoms with Gasteiger partial charge in [0.1, 0.15) is 17.9 Å². The maximum absolute atomic E-state index is 10.5. The molecule has 0 spiro atoms. The number of nitrogens with two attached hydrogens (primary N) is 1. The molecule has 2 heterocycles. The zero-order chi connectivity index (χ0) is 23.4. The normalized spacial score (nSPS) is 11.8. The van der Waals surface area contributed by atoms with Crippen molar-refractivity contribution >= 4 is 35.9 Å². The van der Waals surface area contributed by atoms with Crippen LogP contribution in [0, 0.1) is 13.8 Å². The number of aromatic nitrogens is 2. The molecule has 8 heteroatoms. The summed E-state index contributed by atoms with van der Waals surface area (Å²) in [5, 5.41) is 2.10. The first-order valence-corrected chi connectivity index (χ1v) is 12.0. The van der Waals surface area contributed by atoms with Gasteiger partial charge in [-0.1, -0.05) is 18.2 Å². The number of benzene rings is 2. The third-order valence-corrected chi connectivity index (χ3v) is 6.03. The van der Waals surface area contributed by atoms with Crippen LogP contribution >= 0.6 is 8.25 Å². The number of fused-ring (bicyclic) bond motifs is 3. The maximum Gasteiger partial charge on any atom is 0.694 e. The van der Waals surface area contributed by atoms with Crippen LogP contribution in [0.15, 0.2) is 48.7 Å². The molecule has 0 saturated heterocycles. The molecule has 1 unspecified atom stereocenters. The Morgan fingerprint density at radius 3 is 2.67 bits per heavy atom. The quantitative estimate of drug-likeness (QED) is 0.199. The summed E-state index contributed by atoms with van der Waals surface area (Å²) in [5.74, 6) is 1.24. The second kappa shape index (κ2) is 10.2. The molecule has 0 radical (unpaired) electrons. The van der Waals surface area contributed by atoms with Gasteiger partial charge >= 0.3 is 8.25 Å². The number of ether oxygens (including phenoxy) is 1. The summed E-state index contributed by atoms with van der Waals surface area (Å²) in [6.07, 6.45) is 4.17. The van der Waals surface area contributed by atoms with E-state index in [4.69, 9.17) is 15.4 Å². The Morgan fingerprint density at radius 2 is 1.88 bits per heavy atom. The van der Waals surface area contributed by atoms with Gasteiger partial charge in [0.05, 0.1) is 12.1 Å². The molecule has 33 heavy (non-hydrogen) atoms. The van der Waals surface area contributed by atoms with Crippen molar-refractivity contribution in [2.45, 2.75) is 33.1 Å². The van der Waals surface area contributed by atoms with Crippen molar-refractivity contribution in [1.82, 2.24) is 9.97 Å². The molecule has 0 fully saturated rings. The molecule has 0 amide bonds. The highest BCUT2D eigenvalue weighted by Crippen LogP contribution is 2.28. The van der Waals surface area contributed by atoms with Crippen LogP contribution in [-0.4, -0.2) is 28.1 Å². The first kappa shape index (κ1) is 23.1. The number of hydrogen-bond acceptors (Lipinski definition) is 6. The number of rotatable bonds is 9. The lowest BCUT2D eigenvalue weighted by Gasteiger charge is -2.11. The van der Waals surface area contributed by atoms with Crippen molar-refractivity contribution < 1.29 is 18.7 Å². The van der Waals surface area contributed by atoms with Crippen LogP contribution in [0.1, 0.15) is 28.7 Å². The molecule has 0 aliphatic heterocycles. The molecular weight excluding hydrogens is 437 g/mol. The molecule has 0 bridgehead atoms. The van der Waals surface area contributed by atoms with Gasteiger partial charge in [-0.2, -0.15) is 0 Å². The summed E-state index contributed by atoms with van der Waals surface area (Å²) in [7, 11) is -2.55. The number of pyridine rings is 2. The highest BCUT2D eigenvalue weighted by Gasteiger charge is 2.11. The van der Waals surface area contributed by atoms with Crippen molar-refractivity contribution in [2.24, 2.45) is 0 Å². The van der Waals surface area contributed by atoms with E-state index in [9.17, 15) is 4.57 Å². The van der Waals surface area contributed by atoms with Crippen LogP contribution in [0.25, 0.3) is 21.8 Å². The highest BCUT2D eigenvalue weighted by molar-refractivity contribution is 7.32. The molecule has 4 aromatic rings. The molecule has 0 aliphatic rings. The van der Waals surface area contributed by atoms with Gasteiger partial charge in [-0.15, -0.1) is 9.42 Å². The molecular formula is C25H27N3O4P+. The summed E-state index contributed by atoms with van der Waals surface area (Å²) in [5.41, 5.74) is 12.5. The highest BCUT2D eigenvalue weighted by atomic mass is 31.1. The lowest BCUT2D eigenvalue weighted by molar-refractivity contribution is 0.235. The Kier molecular flexibility index (Phi) is 7.14.